The molecule has 0 heterocycles. The zero-order valence-corrected chi connectivity index (χ0v) is 27.3. The van der Waals surface area contributed by atoms with E-state index >= 15 is 0 Å². The second-order valence-electron chi connectivity index (χ2n) is 11.3. The molecule has 8 heteroatoms. The van der Waals surface area contributed by atoms with E-state index in [9.17, 15) is 10.5 Å². The van der Waals surface area contributed by atoms with E-state index in [0.717, 1.165) is 45.0 Å². The number of nitriles is 2. The summed E-state index contributed by atoms with van der Waals surface area (Å²) in [6.07, 6.45) is 3.66. The highest BCUT2D eigenvalue weighted by molar-refractivity contribution is 5.92. The maximum Gasteiger partial charge on any atom is 0.0998 e. The Morgan fingerprint density at radius 3 is 0.958 bits per heavy atom. The molecule has 0 amide bonds. The largest absolute Gasteiger partial charge is 0.378 e. The Balaban J connectivity index is 1.23. The molecule has 0 aromatic heterocycles. The molecule has 0 unspecified atom stereocenters. The van der Waals surface area contributed by atoms with Crippen LogP contribution >= 0.6 is 0 Å². The highest BCUT2D eigenvalue weighted by Crippen LogP contribution is 2.26. The second kappa shape index (κ2) is 15.6. The van der Waals surface area contributed by atoms with E-state index in [0.29, 0.717) is 22.5 Å². The van der Waals surface area contributed by atoms with Crippen LogP contribution in [0.1, 0.15) is 22.3 Å². The van der Waals surface area contributed by atoms with Crippen molar-refractivity contribution in [2.24, 2.45) is 20.5 Å². The Labute approximate surface area is 281 Å². The number of hydrogen-bond acceptors (Lipinski definition) is 8. The lowest BCUT2D eigenvalue weighted by Crippen LogP contribution is -2.07. The van der Waals surface area contributed by atoms with Gasteiger partial charge >= 0.3 is 0 Å². The summed E-state index contributed by atoms with van der Waals surface area (Å²) >= 11 is 0. The molecule has 0 N–H and O–H groups in total. The van der Waals surface area contributed by atoms with Gasteiger partial charge in [-0.25, -0.2) is 0 Å². The fourth-order valence-electron chi connectivity index (χ4n) is 4.66. The number of nitrogens with zero attached hydrogens (tertiary/aromatic N) is 8. The van der Waals surface area contributed by atoms with E-state index in [-0.39, 0.29) is 0 Å². The molecule has 8 nitrogen and oxygen atoms in total. The average molecular weight is 627 g/mol. The first-order valence-corrected chi connectivity index (χ1v) is 15.2. The lowest BCUT2D eigenvalue weighted by atomic mass is 9.98. The van der Waals surface area contributed by atoms with Crippen LogP contribution in [-0.4, -0.2) is 28.2 Å². The summed E-state index contributed by atoms with van der Waals surface area (Å²) in [7, 11) is 7.97. The summed E-state index contributed by atoms with van der Waals surface area (Å²) < 4.78 is 0. The minimum absolute atomic E-state index is 0.512. The zero-order valence-electron chi connectivity index (χ0n) is 27.3. The SMILES string of the molecule is CN(C)c1ccc(N=Nc2ccc(C=C(C#N)c3ccc(C(C#N)=Cc4ccc(N=Nc5ccc(N(C)C)cc5)cc4)cc3)cc2)cc1. The number of rotatable bonds is 10. The van der Waals surface area contributed by atoms with Gasteiger partial charge in [-0.05, 0) is 107 Å². The van der Waals surface area contributed by atoms with Crippen LogP contribution in [0.2, 0.25) is 0 Å². The van der Waals surface area contributed by atoms with Crippen LogP contribution in [0.5, 0.6) is 0 Å². The highest BCUT2D eigenvalue weighted by Gasteiger charge is 2.06. The smallest absolute Gasteiger partial charge is 0.0998 e. The minimum Gasteiger partial charge on any atom is -0.378 e. The van der Waals surface area contributed by atoms with Crippen molar-refractivity contribution in [2.75, 3.05) is 38.0 Å². The standard InChI is InChI=1S/C40H34N8/c1-47(2)39-21-17-37(18-22-39)45-43-35-13-5-29(6-14-35)25-33(27-41)31-9-11-32(12-10-31)34(28-42)26-30-7-15-36(16-8-30)44-46-38-19-23-40(24-20-38)48(3)4/h5-26H,1-4H3. The third kappa shape index (κ3) is 8.75. The number of azo groups is 2. The molecule has 0 saturated carbocycles. The molecule has 0 atom stereocenters. The normalized spacial score (nSPS) is 11.8. The van der Waals surface area contributed by atoms with Gasteiger partial charge in [0.1, 0.15) is 0 Å². The summed E-state index contributed by atoms with van der Waals surface area (Å²) in [6, 6.07) is 42.8. The van der Waals surface area contributed by atoms with Crippen molar-refractivity contribution in [3.05, 3.63) is 144 Å². The maximum absolute atomic E-state index is 9.90. The Hall–Kier alpha value is -6.64. The van der Waals surface area contributed by atoms with Crippen LogP contribution in [0.25, 0.3) is 23.3 Å². The van der Waals surface area contributed by atoms with Gasteiger partial charge in [-0.2, -0.15) is 31.0 Å². The van der Waals surface area contributed by atoms with Crippen molar-refractivity contribution in [1.29, 1.82) is 10.5 Å². The van der Waals surface area contributed by atoms with Crippen molar-refractivity contribution < 1.29 is 0 Å². The van der Waals surface area contributed by atoms with Gasteiger partial charge in [0.2, 0.25) is 0 Å². The molecule has 5 aromatic rings. The molecule has 5 rings (SSSR count). The van der Waals surface area contributed by atoms with Crippen LogP contribution in [0, 0.1) is 22.7 Å². The maximum atomic E-state index is 9.90. The molecule has 234 valence electrons. The monoisotopic (exact) mass is 626 g/mol. The van der Waals surface area contributed by atoms with Crippen molar-refractivity contribution in [3.63, 3.8) is 0 Å². The van der Waals surface area contributed by atoms with Gasteiger partial charge in [-0.15, -0.1) is 0 Å². The molecular formula is C40H34N8. The first kappa shape index (κ1) is 32.7. The summed E-state index contributed by atoms with van der Waals surface area (Å²) in [5.74, 6) is 0. The summed E-state index contributed by atoms with van der Waals surface area (Å²) in [6.45, 7) is 0. The van der Waals surface area contributed by atoms with Gasteiger partial charge in [-0.3, -0.25) is 0 Å². The van der Waals surface area contributed by atoms with Crippen molar-refractivity contribution >= 4 is 57.4 Å². The van der Waals surface area contributed by atoms with E-state index in [4.69, 9.17) is 0 Å². The Morgan fingerprint density at radius 1 is 0.438 bits per heavy atom. The molecular weight excluding hydrogens is 592 g/mol. The molecule has 0 saturated heterocycles. The highest BCUT2D eigenvalue weighted by atomic mass is 15.1. The molecule has 48 heavy (non-hydrogen) atoms. The average Bonchev–Trinajstić information content (AvgIpc) is 3.12. The van der Waals surface area contributed by atoms with Crippen LogP contribution in [0.3, 0.4) is 0 Å². The predicted molar refractivity (Wildman–Crippen MR) is 196 cm³/mol. The Bertz CT molecular complexity index is 1890. The number of hydrogen-bond donors (Lipinski definition) is 0. The Kier molecular flexibility index (Phi) is 10.6. The summed E-state index contributed by atoms with van der Waals surface area (Å²) in [5, 5.41) is 37.1. The topological polar surface area (TPSA) is 103 Å². The predicted octanol–water partition coefficient (Wildman–Crippen LogP) is 10.8. The van der Waals surface area contributed by atoms with Crippen molar-refractivity contribution in [1.82, 2.24) is 0 Å². The van der Waals surface area contributed by atoms with Gasteiger partial charge in [0.05, 0.1) is 46.0 Å². The van der Waals surface area contributed by atoms with Crippen LogP contribution in [0.15, 0.2) is 142 Å². The van der Waals surface area contributed by atoms with Gasteiger partial charge in [0.15, 0.2) is 0 Å². The van der Waals surface area contributed by atoms with E-state index in [1.807, 2.05) is 171 Å². The third-order valence-electron chi connectivity index (χ3n) is 7.45. The van der Waals surface area contributed by atoms with E-state index in [2.05, 4.69) is 32.6 Å². The quantitative estimate of drug-likeness (QED) is 0.0873. The third-order valence-corrected chi connectivity index (χ3v) is 7.45. The van der Waals surface area contributed by atoms with Gasteiger partial charge in [0.25, 0.3) is 0 Å². The van der Waals surface area contributed by atoms with Crippen molar-refractivity contribution in [3.8, 4) is 12.1 Å². The molecule has 0 aliphatic heterocycles. The molecule has 0 radical (unpaired) electrons. The lowest BCUT2D eigenvalue weighted by molar-refractivity contribution is 1.13. The van der Waals surface area contributed by atoms with Crippen LogP contribution < -0.4 is 9.80 Å². The molecule has 5 aromatic carbocycles. The minimum atomic E-state index is 0.512. The lowest BCUT2D eigenvalue weighted by Gasteiger charge is -2.11. The van der Waals surface area contributed by atoms with Crippen LogP contribution in [0.4, 0.5) is 34.1 Å². The number of allylic oxidation sites excluding steroid dienone is 2. The number of benzene rings is 5. The first-order chi connectivity index (χ1) is 23.3. The molecule has 0 aliphatic carbocycles. The van der Waals surface area contributed by atoms with E-state index in [1.54, 1.807) is 0 Å². The Morgan fingerprint density at radius 2 is 0.708 bits per heavy atom. The van der Waals surface area contributed by atoms with E-state index in [1.165, 1.54) is 0 Å². The number of anilines is 2. The molecule has 0 fully saturated rings. The molecule has 0 aliphatic rings. The molecule has 0 bridgehead atoms. The van der Waals surface area contributed by atoms with Crippen molar-refractivity contribution in [2.45, 2.75) is 0 Å². The first-order valence-electron chi connectivity index (χ1n) is 15.2. The van der Waals surface area contributed by atoms with E-state index < -0.39 is 0 Å². The summed E-state index contributed by atoms with van der Waals surface area (Å²) in [5.41, 5.74) is 9.44. The second-order valence-corrected chi connectivity index (χ2v) is 11.3. The zero-order chi connectivity index (χ0) is 33.9. The van der Waals surface area contributed by atoms with Gasteiger partial charge in [-0.1, -0.05) is 48.5 Å². The molecule has 0 spiro atoms. The fourth-order valence-corrected chi connectivity index (χ4v) is 4.66. The fraction of sp³-hybridized carbons (Fsp3) is 0.100. The van der Waals surface area contributed by atoms with Gasteiger partial charge < -0.3 is 9.80 Å². The summed E-state index contributed by atoms with van der Waals surface area (Å²) in [4.78, 5) is 4.06. The van der Waals surface area contributed by atoms with Gasteiger partial charge in [0, 0.05) is 39.6 Å². The van der Waals surface area contributed by atoms with Crippen LogP contribution in [-0.2, 0) is 0 Å².